The minimum Gasteiger partial charge on any atom is -0.479 e. The first-order chi connectivity index (χ1) is 12.4. The van der Waals surface area contributed by atoms with Crippen molar-refractivity contribution in [3.05, 3.63) is 70.7 Å². The third-order valence-electron chi connectivity index (χ3n) is 3.65. The maximum absolute atomic E-state index is 11.7. The van der Waals surface area contributed by atoms with Crippen molar-refractivity contribution < 1.29 is 19.7 Å². The van der Waals surface area contributed by atoms with Gasteiger partial charge in [0.05, 0.1) is 11.6 Å². The standard InChI is InChI=1S/C17H13Cl2N3O4/c18-11-1-3-12(4-2-11)26-13-5-6-14(15(19)7-13)17(25,16(23)24)8-22-10-20-9-21-22/h1-7,9-10,25H,8H2,(H,23,24)/t17-/m0/s1. The van der Waals surface area contributed by atoms with Gasteiger partial charge in [-0.2, -0.15) is 5.10 Å². The maximum atomic E-state index is 11.7. The van der Waals surface area contributed by atoms with Crippen LogP contribution in [0.25, 0.3) is 0 Å². The first-order valence-corrected chi connectivity index (χ1v) is 8.16. The molecule has 0 aliphatic heterocycles. The van der Waals surface area contributed by atoms with Crippen LogP contribution in [0.4, 0.5) is 0 Å². The molecule has 26 heavy (non-hydrogen) atoms. The molecular weight excluding hydrogens is 381 g/mol. The molecule has 2 N–H and O–H groups in total. The predicted molar refractivity (Wildman–Crippen MR) is 94.5 cm³/mol. The predicted octanol–water partition coefficient (Wildman–Crippen LogP) is 3.35. The smallest absolute Gasteiger partial charge is 0.342 e. The van der Waals surface area contributed by atoms with Gasteiger partial charge in [-0.3, -0.25) is 0 Å². The van der Waals surface area contributed by atoms with Crippen molar-refractivity contribution in [3.63, 3.8) is 0 Å². The molecule has 134 valence electrons. The Balaban J connectivity index is 1.89. The highest BCUT2D eigenvalue weighted by atomic mass is 35.5. The number of ether oxygens (including phenoxy) is 1. The van der Waals surface area contributed by atoms with Crippen LogP contribution in [-0.2, 0) is 16.9 Å². The van der Waals surface area contributed by atoms with Crippen LogP contribution in [-0.4, -0.2) is 30.9 Å². The molecule has 0 unspecified atom stereocenters. The number of carboxylic acids is 1. The van der Waals surface area contributed by atoms with E-state index in [4.69, 9.17) is 27.9 Å². The SMILES string of the molecule is O=C(O)[C@](O)(Cn1cncn1)c1ccc(Oc2ccc(Cl)cc2)cc1Cl. The van der Waals surface area contributed by atoms with Gasteiger partial charge in [0, 0.05) is 10.6 Å². The summed E-state index contributed by atoms with van der Waals surface area (Å²) in [7, 11) is 0. The second-order valence-electron chi connectivity index (χ2n) is 5.46. The molecule has 3 aromatic rings. The maximum Gasteiger partial charge on any atom is 0.342 e. The van der Waals surface area contributed by atoms with Gasteiger partial charge in [-0.1, -0.05) is 29.3 Å². The lowest BCUT2D eigenvalue weighted by molar-refractivity contribution is -0.161. The van der Waals surface area contributed by atoms with Crippen LogP contribution in [0.3, 0.4) is 0 Å². The van der Waals surface area contributed by atoms with Crippen molar-refractivity contribution in [2.45, 2.75) is 12.1 Å². The fraction of sp³-hybridized carbons (Fsp3) is 0.118. The Morgan fingerprint density at radius 2 is 1.85 bits per heavy atom. The van der Waals surface area contributed by atoms with Crippen molar-refractivity contribution in [2.75, 3.05) is 0 Å². The number of hydrogen-bond acceptors (Lipinski definition) is 5. The summed E-state index contributed by atoms with van der Waals surface area (Å²) in [6.45, 7) is -0.348. The van der Waals surface area contributed by atoms with Crippen LogP contribution in [0.15, 0.2) is 55.1 Å². The van der Waals surface area contributed by atoms with Gasteiger partial charge in [0.2, 0.25) is 5.60 Å². The molecule has 2 aromatic carbocycles. The molecule has 0 aliphatic carbocycles. The average molecular weight is 394 g/mol. The van der Waals surface area contributed by atoms with Crippen LogP contribution in [0.2, 0.25) is 10.0 Å². The van der Waals surface area contributed by atoms with Crippen molar-refractivity contribution in [1.29, 1.82) is 0 Å². The first-order valence-electron chi connectivity index (χ1n) is 7.40. The van der Waals surface area contributed by atoms with Crippen molar-refractivity contribution in [2.24, 2.45) is 0 Å². The molecule has 0 radical (unpaired) electrons. The van der Waals surface area contributed by atoms with E-state index in [0.29, 0.717) is 16.5 Å². The Kier molecular flexibility index (Phi) is 5.13. The van der Waals surface area contributed by atoms with Gasteiger partial charge in [-0.25, -0.2) is 14.5 Å². The third-order valence-corrected chi connectivity index (χ3v) is 4.21. The van der Waals surface area contributed by atoms with E-state index in [1.807, 2.05) is 0 Å². The Morgan fingerprint density at radius 3 is 2.42 bits per heavy atom. The lowest BCUT2D eigenvalue weighted by Gasteiger charge is -2.25. The Hall–Kier alpha value is -2.61. The number of benzene rings is 2. The van der Waals surface area contributed by atoms with E-state index in [-0.39, 0.29) is 17.1 Å². The van der Waals surface area contributed by atoms with E-state index in [2.05, 4.69) is 10.1 Å². The molecule has 1 aromatic heterocycles. The average Bonchev–Trinajstić information content (AvgIpc) is 3.09. The fourth-order valence-electron chi connectivity index (χ4n) is 2.35. The van der Waals surface area contributed by atoms with Gasteiger partial charge in [0.1, 0.15) is 24.2 Å². The molecule has 0 amide bonds. The van der Waals surface area contributed by atoms with E-state index in [1.54, 1.807) is 24.3 Å². The van der Waals surface area contributed by atoms with E-state index < -0.39 is 11.6 Å². The normalized spacial score (nSPS) is 13.2. The Morgan fingerprint density at radius 1 is 1.15 bits per heavy atom. The Bertz CT molecular complexity index is 916. The van der Waals surface area contributed by atoms with E-state index in [9.17, 15) is 15.0 Å². The number of carbonyl (C=O) groups is 1. The summed E-state index contributed by atoms with van der Waals surface area (Å²) < 4.78 is 6.86. The molecular formula is C17H13Cl2N3O4. The van der Waals surface area contributed by atoms with Crippen molar-refractivity contribution >= 4 is 29.2 Å². The number of nitrogens with zero attached hydrogens (tertiary/aromatic N) is 3. The molecule has 1 heterocycles. The third kappa shape index (κ3) is 3.80. The van der Waals surface area contributed by atoms with Crippen molar-refractivity contribution in [3.8, 4) is 11.5 Å². The highest BCUT2D eigenvalue weighted by molar-refractivity contribution is 6.32. The number of rotatable bonds is 6. The number of aromatic nitrogens is 3. The molecule has 0 spiro atoms. The molecule has 0 saturated carbocycles. The van der Waals surface area contributed by atoms with Crippen LogP contribution < -0.4 is 4.74 Å². The lowest BCUT2D eigenvalue weighted by atomic mass is 9.93. The summed E-state index contributed by atoms with van der Waals surface area (Å²) >= 11 is 12.0. The second kappa shape index (κ2) is 7.33. The van der Waals surface area contributed by atoms with E-state index in [1.165, 1.54) is 35.5 Å². The minimum absolute atomic E-state index is 0.0191. The Labute approximate surface area is 158 Å². The molecule has 0 bridgehead atoms. The van der Waals surface area contributed by atoms with E-state index >= 15 is 0 Å². The van der Waals surface area contributed by atoms with E-state index in [0.717, 1.165) is 0 Å². The number of aliphatic hydroxyl groups is 1. The summed E-state index contributed by atoms with van der Waals surface area (Å²) in [6, 6.07) is 11.1. The van der Waals surface area contributed by atoms with Crippen LogP contribution >= 0.6 is 23.2 Å². The number of halogens is 2. The fourth-order valence-corrected chi connectivity index (χ4v) is 2.80. The zero-order chi connectivity index (χ0) is 18.7. The largest absolute Gasteiger partial charge is 0.479 e. The van der Waals surface area contributed by atoms with Crippen LogP contribution in [0.1, 0.15) is 5.56 Å². The van der Waals surface area contributed by atoms with Crippen LogP contribution in [0.5, 0.6) is 11.5 Å². The molecule has 1 atom stereocenters. The molecule has 3 rings (SSSR count). The molecule has 0 fully saturated rings. The highest BCUT2D eigenvalue weighted by Crippen LogP contribution is 2.34. The summed E-state index contributed by atoms with van der Waals surface area (Å²) in [5.41, 5.74) is -2.26. The highest BCUT2D eigenvalue weighted by Gasteiger charge is 2.40. The summed E-state index contributed by atoms with van der Waals surface area (Å²) in [5.74, 6) is -0.537. The summed E-state index contributed by atoms with van der Waals surface area (Å²) in [5, 5.41) is 24.7. The quantitative estimate of drug-likeness (QED) is 0.666. The van der Waals surface area contributed by atoms with Gasteiger partial charge < -0.3 is 14.9 Å². The monoisotopic (exact) mass is 393 g/mol. The van der Waals surface area contributed by atoms with Gasteiger partial charge >= 0.3 is 5.97 Å². The topological polar surface area (TPSA) is 97.5 Å². The molecule has 7 nitrogen and oxygen atoms in total. The number of carboxylic acid groups (broad SMARTS) is 1. The number of hydrogen-bond donors (Lipinski definition) is 2. The minimum atomic E-state index is -2.27. The molecule has 9 heteroatoms. The zero-order valence-electron chi connectivity index (χ0n) is 13.2. The lowest BCUT2D eigenvalue weighted by Crippen LogP contribution is -2.40. The van der Waals surface area contributed by atoms with Gasteiger partial charge in [0.25, 0.3) is 0 Å². The van der Waals surface area contributed by atoms with Crippen LogP contribution in [0, 0.1) is 0 Å². The summed E-state index contributed by atoms with van der Waals surface area (Å²) in [4.78, 5) is 15.4. The van der Waals surface area contributed by atoms with Crippen molar-refractivity contribution in [1.82, 2.24) is 14.8 Å². The molecule has 0 saturated heterocycles. The van der Waals surface area contributed by atoms with Gasteiger partial charge in [0.15, 0.2) is 0 Å². The zero-order valence-corrected chi connectivity index (χ0v) is 14.7. The van der Waals surface area contributed by atoms with Gasteiger partial charge in [-0.15, -0.1) is 0 Å². The molecule has 0 aliphatic rings. The second-order valence-corrected chi connectivity index (χ2v) is 6.30. The first kappa shape index (κ1) is 18.2. The summed E-state index contributed by atoms with van der Waals surface area (Å²) in [6.07, 6.45) is 2.55. The van der Waals surface area contributed by atoms with Gasteiger partial charge in [-0.05, 0) is 36.4 Å². The number of aliphatic carboxylic acids is 1.